The van der Waals surface area contributed by atoms with Crippen LogP contribution in [0.1, 0.15) is 16.7 Å². The molecule has 0 spiro atoms. The van der Waals surface area contributed by atoms with Gasteiger partial charge in [-0.05, 0) is 41.8 Å². The van der Waals surface area contributed by atoms with Gasteiger partial charge in [0.1, 0.15) is 11.6 Å². The van der Waals surface area contributed by atoms with Crippen molar-refractivity contribution in [1.29, 1.82) is 5.26 Å². The second-order valence-electron chi connectivity index (χ2n) is 6.79. The Morgan fingerprint density at radius 1 is 1.30 bits per heavy atom. The fourth-order valence-corrected chi connectivity index (χ4v) is 3.54. The number of nitriles is 1. The number of aromatic nitrogens is 2. The average Bonchev–Trinajstić information content (AvgIpc) is 3.36. The number of carbonyl (C=O) groups is 1. The molecular formula is C21H17F2N5O2. The topological polar surface area (TPSA) is 94.0 Å². The van der Waals surface area contributed by atoms with Gasteiger partial charge in [-0.3, -0.25) is 10.00 Å². The Kier molecular flexibility index (Phi) is 5.06. The Hall–Kier alpha value is -3.93. The first-order valence-corrected chi connectivity index (χ1v) is 9.15. The Morgan fingerprint density at radius 3 is 2.83 bits per heavy atom. The standard InChI is InChI=1S/C21H17F2N5O2/c1-30-16-5-12(4-15(22)8-16)10-25-21(29)28-3-2-13-6-17(14(9-24)7-19(13)28)18-11-26-27-20(18)23/h4-8,11H,2-3,10H2,1H3,(H,25,29)(H,26,27). The van der Waals surface area contributed by atoms with E-state index in [0.717, 1.165) is 5.56 Å². The van der Waals surface area contributed by atoms with Gasteiger partial charge in [-0.2, -0.15) is 9.65 Å². The highest BCUT2D eigenvalue weighted by molar-refractivity contribution is 5.95. The number of hydrogen-bond acceptors (Lipinski definition) is 4. The van der Waals surface area contributed by atoms with Crippen LogP contribution in [0.25, 0.3) is 11.1 Å². The number of urea groups is 1. The summed E-state index contributed by atoms with van der Waals surface area (Å²) < 4.78 is 32.6. The van der Waals surface area contributed by atoms with Crippen LogP contribution in [-0.2, 0) is 13.0 Å². The van der Waals surface area contributed by atoms with Gasteiger partial charge in [0.15, 0.2) is 0 Å². The third-order valence-corrected chi connectivity index (χ3v) is 4.97. The molecule has 1 aliphatic rings. The van der Waals surface area contributed by atoms with Gasteiger partial charge in [-0.15, -0.1) is 5.10 Å². The van der Waals surface area contributed by atoms with E-state index in [0.29, 0.717) is 35.5 Å². The monoisotopic (exact) mass is 409 g/mol. The number of aromatic amines is 1. The van der Waals surface area contributed by atoms with Crippen molar-refractivity contribution in [2.75, 3.05) is 18.6 Å². The number of benzene rings is 2. The Bertz CT molecular complexity index is 1170. The predicted molar refractivity (Wildman–Crippen MR) is 105 cm³/mol. The maximum atomic E-state index is 13.9. The lowest BCUT2D eigenvalue weighted by molar-refractivity contribution is 0.246. The minimum atomic E-state index is -0.690. The first-order chi connectivity index (χ1) is 14.5. The summed E-state index contributed by atoms with van der Waals surface area (Å²) in [6.07, 6.45) is 1.96. The number of amides is 2. The van der Waals surface area contributed by atoms with Crippen molar-refractivity contribution < 1.29 is 18.3 Å². The highest BCUT2D eigenvalue weighted by atomic mass is 19.1. The summed E-state index contributed by atoms with van der Waals surface area (Å²) in [6, 6.07) is 9.19. The molecule has 3 aromatic rings. The molecule has 0 bridgehead atoms. The molecule has 0 unspecified atom stereocenters. The molecule has 2 aromatic carbocycles. The summed E-state index contributed by atoms with van der Waals surface area (Å²) in [5.41, 5.74) is 2.85. The van der Waals surface area contributed by atoms with E-state index in [1.807, 2.05) is 0 Å². The smallest absolute Gasteiger partial charge is 0.322 e. The third-order valence-electron chi connectivity index (χ3n) is 4.97. The third kappa shape index (κ3) is 3.55. The summed E-state index contributed by atoms with van der Waals surface area (Å²) in [4.78, 5) is 14.2. The van der Waals surface area contributed by atoms with E-state index < -0.39 is 11.8 Å². The summed E-state index contributed by atoms with van der Waals surface area (Å²) in [6.45, 7) is 0.526. The van der Waals surface area contributed by atoms with Gasteiger partial charge in [-0.25, -0.2) is 9.18 Å². The SMILES string of the molecule is COc1cc(F)cc(CNC(=O)N2CCc3cc(-c4c[nH]nc4F)c(C#N)cc32)c1. The van der Waals surface area contributed by atoms with Gasteiger partial charge in [0, 0.05) is 30.9 Å². The maximum Gasteiger partial charge on any atom is 0.322 e. The normalized spacial score (nSPS) is 12.4. The number of carbonyl (C=O) groups excluding carboxylic acids is 1. The van der Waals surface area contributed by atoms with Crippen molar-refractivity contribution in [3.63, 3.8) is 0 Å². The number of ether oxygens (including phenoxy) is 1. The van der Waals surface area contributed by atoms with Crippen LogP contribution in [0.15, 0.2) is 36.5 Å². The van der Waals surface area contributed by atoms with E-state index in [2.05, 4.69) is 21.6 Å². The molecule has 0 aliphatic carbocycles. The van der Waals surface area contributed by atoms with Gasteiger partial charge < -0.3 is 10.1 Å². The van der Waals surface area contributed by atoms with Crippen molar-refractivity contribution in [1.82, 2.24) is 15.5 Å². The molecule has 2 N–H and O–H groups in total. The van der Waals surface area contributed by atoms with Crippen molar-refractivity contribution >= 4 is 11.7 Å². The van der Waals surface area contributed by atoms with E-state index >= 15 is 0 Å². The minimum absolute atomic E-state index is 0.113. The van der Waals surface area contributed by atoms with Gasteiger partial charge in [0.25, 0.3) is 0 Å². The first kappa shape index (κ1) is 19.4. The molecule has 7 nitrogen and oxygen atoms in total. The lowest BCUT2D eigenvalue weighted by Gasteiger charge is -2.19. The highest BCUT2D eigenvalue weighted by Gasteiger charge is 2.27. The molecule has 30 heavy (non-hydrogen) atoms. The fourth-order valence-electron chi connectivity index (χ4n) is 3.54. The number of anilines is 1. The van der Waals surface area contributed by atoms with Crippen LogP contribution in [0.3, 0.4) is 0 Å². The number of nitrogens with one attached hydrogen (secondary N) is 2. The Morgan fingerprint density at radius 2 is 2.13 bits per heavy atom. The number of rotatable bonds is 4. The highest BCUT2D eigenvalue weighted by Crippen LogP contribution is 2.35. The first-order valence-electron chi connectivity index (χ1n) is 9.15. The Labute approximate surface area is 170 Å². The molecule has 0 fully saturated rings. The van der Waals surface area contributed by atoms with Crippen LogP contribution >= 0.6 is 0 Å². The van der Waals surface area contributed by atoms with Gasteiger partial charge in [0.2, 0.25) is 5.95 Å². The van der Waals surface area contributed by atoms with E-state index in [1.54, 1.807) is 18.2 Å². The van der Waals surface area contributed by atoms with Gasteiger partial charge in [0.05, 0.1) is 30.0 Å². The molecule has 2 amide bonds. The number of fused-ring (bicyclic) bond motifs is 1. The van der Waals surface area contributed by atoms with Crippen LogP contribution in [0.4, 0.5) is 19.3 Å². The van der Waals surface area contributed by atoms with Crippen LogP contribution in [-0.4, -0.2) is 29.9 Å². The van der Waals surface area contributed by atoms with Crippen molar-refractivity contribution in [2.24, 2.45) is 0 Å². The lowest BCUT2D eigenvalue weighted by atomic mass is 9.98. The second kappa shape index (κ2) is 7.83. The molecule has 2 heterocycles. The van der Waals surface area contributed by atoms with Gasteiger partial charge in [-0.1, -0.05) is 0 Å². The predicted octanol–water partition coefficient (Wildman–Crippen LogP) is 3.51. The molecule has 4 rings (SSSR count). The van der Waals surface area contributed by atoms with Crippen LogP contribution in [0.5, 0.6) is 5.75 Å². The average molecular weight is 409 g/mol. The number of H-pyrrole nitrogens is 1. The number of halogens is 2. The molecule has 1 aromatic heterocycles. The lowest BCUT2D eigenvalue weighted by Crippen LogP contribution is -2.38. The zero-order valence-corrected chi connectivity index (χ0v) is 16.0. The molecule has 0 radical (unpaired) electrons. The van der Waals surface area contributed by atoms with Crippen LogP contribution in [0, 0.1) is 23.1 Å². The molecule has 0 saturated carbocycles. The van der Waals surface area contributed by atoms with E-state index in [1.165, 1.54) is 30.3 Å². The minimum Gasteiger partial charge on any atom is -0.497 e. The molecular weight excluding hydrogens is 392 g/mol. The Balaban J connectivity index is 1.56. The van der Waals surface area contributed by atoms with E-state index in [4.69, 9.17) is 4.74 Å². The second-order valence-corrected chi connectivity index (χ2v) is 6.79. The molecule has 9 heteroatoms. The number of methoxy groups -OCH3 is 1. The van der Waals surface area contributed by atoms with E-state index in [-0.39, 0.29) is 23.7 Å². The molecule has 0 atom stereocenters. The summed E-state index contributed by atoms with van der Waals surface area (Å²) in [7, 11) is 1.44. The van der Waals surface area contributed by atoms with Crippen LogP contribution < -0.4 is 15.0 Å². The summed E-state index contributed by atoms with van der Waals surface area (Å²) in [5, 5.41) is 18.2. The zero-order valence-electron chi connectivity index (χ0n) is 16.0. The van der Waals surface area contributed by atoms with Crippen molar-refractivity contribution in [3.05, 3.63) is 65.0 Å². The maximum absolute atomic E-state index is 13.9. The quantitative estimate of drug-likeness (QED) is 0.690. The fraction of sp³-hybridized carbons (Fsp3) is 0.190. The summed E-state index contributed by atoms with van der Waals surface area (Å²) >= 11 is 0. The molecule has 0 saturated heterocycles. The molecule has 152 valence electrons. The van der Waals surface area contributed by atoms with Crippen LogP contribution in [0.2, 0.25) is 0 Å². The van der Waals surface area contributed by atoms with Gasteiger partial charge >= 0.3 is 6.03 Å². The van der Waals surface area contributed by atoms with E-state index in [9.17, 15) is 18.8 Å². The van der Waals surface area contributed by atoms with Crippen molar-refractivity contribution in [3.8, 4) is 22.9 Å². The summed E-state index contributed by atoms with van der Waals surface area (Å²) in [5.74, 6) is -0.782. The molecule has 1 aliphatic heterocycles. The number of hydrogen-bond donors (Lipinski definition) is 2. The number of nitrogens with zero attached hydrogens (tertiary/aromatic N) is 3. The largest absolute Gasteiger partial charge is 0.497 e. The zero-order chi connectivity index (χ0) is 21.3. The van der Waals surface area contributed by atoms with Crippen molar-refractivity contribution in [2.45, 2.75) is 13.0 Å².